The van der Waals surface area contributed by atoms with Crippen LogP contribution in [0.1, 0.15) is 29.3 Å². The Labute approximate surface area is 140 Å². The molecule has 0 aliphatic rings. The molecule has 24 heavy (non-hydrogen) atoms. The molecule has 0 aromatic heterocycles. The van der Waals surface area contributed by atoms with Gasteiger partial charge in [0.2, 0.25) is 5.91 Å². The van der Waals surface area contributed by atoms with Gasteiger partial charge in [0.1, 0.15) is 0 Å². The number of nitrogen functional groups attached to an aromatic ring is 1. The van der Waals surface area contributed by atoms with Crippen LogP contribution in [-0.2, 0) is 4.79 Å². The number of nitrogens with zero attached hydrogens (tertiary/aromatic N) is 1. The largest absolute Gasteiger partial charge is 0.398 e. The van der Waals surface area contributed by atoms with Crippen LogP contribution in [-0.4, -0.2) is 17.5 Å². The average Bonchev–Trinajstić information content (AvgIpc) is 2.55. The van der Waals surface area contributed by atoms with Gasteiger partial charge >= 0.3 is 0 Å². The third kappa shape index (κ3) is 4.95. The van der Waals surface area contributed by atoms with Crippen molar-refractivity contribution in [1.82, 2.24) is 5.43 Å². The van der Waals surface area contributed by atoms with E-state index in [-0.39, 0.29) is 12.3 Å². The molecule has 124 valence electrons. The van der Waals surface area contributed by atoms with Crippen molar-refractivity contribution in [2.24, 2.45) is 5.10 Å². The summed E-state index contributed by atoms with van der Waals surface area (Å²) in [5.74, 6) is -0.611. The lowest BCUT2D eigenvalue weighted by Gasteiger charge is -2.06. The van der Waals surface area contributed by atoms with Gasteiger partial charge in [0.25, 0.3) is 5.91 Å². The molecule has 0 saturated heterocycles. The summed E-state index contributed by atoms with van der Waals surface area (Å²) in [6.45, 7) is 3.65. The summed E-state index contributed by atoms with van der Waals surface area (Å²) in [5.41, 5.74) is 11.2. The number of carbonyl (C=O) groups is 2. The summed E-state index contributed by atoms with van der Waals surface area (Å²) in [6.07, 6.45) is 0.0818. The van der Waals surface area contributed by atoms with E-state index < -0.39 is 5.91 Å². The van der Waals surface area contributed by atoms with E-state index in [1.165, 1.54) is 0 Å². The van der Waals surface area contributed by atoms with Gasteiger partial charge in [-0.05, 0) is 38.1 Å². The van der Waals surface area contributed by atoms with E-state index >= 15 is 0 Å². The SMILES string of the molecule is C/C(CC(=O)Nc1ccc(C)cc1)=N\NC(=O)c1ccccc1N. The Balaban J connectivity index is 1.89. The van der Waals surface area contributed by atoms with E-state index in [1.54, 1.807) is 31.2 Å². The number of rotatable bonds is 5. The molecule has 2 aromatic rings. The van der Waals surface area contributed by atoms with Crippen LogP contribution in [0.5, 0.6) is 0 Å². The first-order chi connectivity index (χ1) is 11.5. The fraction of sp³-hybridized carbons (Fsp3) is 0.167. The molecular formula is C18H20N4O2. The number of aryl methyl sites for hydroxylation is 1. The predicted molar refractivity (Wildman–Crippen MR) is 95.9 cm³/mol. The summed E-state index contributed by atoms with van der Waals surface area (Å²) < 4.78 is 0. The van der Waals surface area contributed by atoms with Crippen LogP contribution >= 0.6 is 0 Å². The molecule has 0 aliphatic carbocycles. The van der Waals surface area contributed by atoms with Crippen LogP contribution in [0.2, 0.25) is 0 Å². The van der Waals surface area contributed by atoms with Crippen LogP contribution < -0.4 is 16.5 Å². The van der Waals surface area contributed by atoms with Gasteiger partial charge in [0, 0.05) is 17.1 Å². The minimum Gasteiger partial charge on any atom is -0.398 e. The van der Waals surface area contributed by atoms with Crippen molar-refractivity contribution < 1.29 is 9.59 Å². The van der Waals surface area contributed by atoms with Gasteiger partial charge in [-0.1, -0.05) is 29.8 Å². The number of hydrogen-bond donors (Lipinski definition) is 3. The number of benzene rings is 2. The topological polar surface area (TPSA) is 96.6 Å². The first kappa shape index (κ1) is 17.2. The van der Waals surface area contributed by atoms with Crippen molar-refractivity contribution in [3.8, 4) is 0 Å². The normalized spacial score (nSPS) is 11.0. The Morgan fingerprint density at radius 3 is 2.42 bits per heavy atom. The molecule has 2 rings (SSSR count). The molecule has 2 aromatic carbocycles. The van der Waals surface area contributed by atoms with Crippen molar-refractivity contribution in [1.29, 1.82) is 0 Å². The zero-order chi connectivity index (χ0) is 17.5. The number of carbonyl (C=O) groups excluding carboxylic acids is 2. The molecule has 0 atom stereocenters. The smallest absolute Gasteiger partial charge is 0.273 e. The highest BCUT2D eigenvalue weighted by atomic mass is 16.2. The third-order valence-electron chi connectivity index (χ3n) is 3.31. The van der Waals surface area contributed by atoms with Crippen LogP contribution in [0.25, 0.3) is 0 Å². The summed E-state index contributed by atoms with van der Waals surface area (Å²) in [5, 5.41) is 6.71. The molecule has 6 nitrogen and oxygen atoms in total. The van der Waals surface area contributed by atoms with Crippen molar-refractivity contribution in [2.45, 2.75) is 20.3 Å². The van der Waals surface area contributed by atoms with E-state index in [2.05, 4.69) is 15.8 Å². The molecular weight excluding hydrogens is 304 g/mol. The molecule has 0 bridgehead atoms. The molecule has 6 heteroatoms. The number of hydrazone groups is 1. The molecule has 0 spiro atoms. The second-order valence-electron chi connectivity index (χ2n) is 5.47. The summed E-state index contributed by atoms with van der Waals surface area (Å²) in [4.78, 5) is 23.9. The summed E-state index contributed by atoms with van der Waals surface area (Å²) >= 11 is 0. The lowest BCUT2D eigenvalue weighted by Crippen LogP contribution is -2.22. The number of nitrogens with two attached hydrogens (primary N) is 1. The Morgan fingerprint density at radius 2 is 1.75 bits per heavy atom. The first-order valence-electron chi connectivity index (χ1n) is 7.50. The Kier molecular flexibility index (Phi) is 5.68. The lowest BCUT2D eigenvalue weighted by atomic mass is 10.2. The quantitative estimate of drug-likeness (QED) is 0.448. The van der Waals surface area contributed by atoms with Crippen LogP contribution in [0.4, 0.5) is 11.4 Å². The molecule has 0 aliphatic heterocycles. The van der Waals surface area contributed by atoms with Crippen LogP contribution in [0, 0.1) is 6.92 Å². The number of nitrogens with one attached hydrogen (secondary N) is 2. The van der Waals surface area contributed by atoms with Gasteiger partial charge in [0.05, 0.1) is 12.0 Å². The van der Waals surface area contributed by atoms with E-state index in [1.807, 2.05) is 31.2 Å². The van der Waals surface area contributed by atoms with Gasteiger partial charge in [-0.2, -0.15) is 5.10 Å². The van der Waals surface area contributed by atoms with Crippen molar-refractivity contribution in [3.05, 3.63) is 59.7 Å². The van der Waals surface area contributed by atoms with E-state index in [9.17, 15) is 9.59 Å². The molecule has 2 amide bonds. The van der Waals surface area contributed by atoms with E-state index in [0.717, 1.165) is 11.3 Å². The minimum atomic E-state index is -0.411. The Hall–Kier alpha value is -3.15. The fourth-order valence-corrected chi connectivity index (χ4v) is 2.02. The van der Waals surface area contributed by atoms with Gasteiger partial charge in [-0.3, -0.25) is 9.59 Å². The Bertz CT molecular complexity index is 767. The van der Waals surface area contributed by atoms with Gasteiger partial charge in [0.15, 0.2) is 0 Å². The number of amides is 2. The maximum absolute atomic E-state index is 12.0. The second-order valence-corrected chi connectivity index (χ2v) is 5.47. The van der Waals surface area contributed by atoms with E-state index in [4.69, 9.17) is 5.73 Å². The monoisotopic (exact) mass is 324 g/mol. The standard InChI is InChI=1S/C18H20N4O2/c1-12-7-9-14(10-8-12)20-17(23)11-13(2)21-22-18(24)15-5-3-4-6-16(15)19/h3-10H,11,19H2,1-2H3,(H,20,23)(H,22,24)/b21-13+. The number of para-hydroxylation sites is 1. The Morgan fingerprint density at radius 1 is 1.08 bits per heavy atom. The summed E-state index contributed by atoms with van der Waals surface area (Å²) in [7, 11) is 0. The maximum atomic E-state index is 12.0. The molecule has 0 radical (unpaired) electrons. The third-order valence-corrected chi connectivity index (χ3v) is 3.31. The highest BCUT2D eigenvalue weighted by molar-refractivity contribution is 6.06. The molecule has 0 saturated carbocycles. The van der Waals surface area contributed by atoms with Gasteiger partial charge in [-0.25, -0.2) is 5.43 Å². The number of anilines is 2. The summed E-state index contributed by atoms with van der Waals surface area (Å²) in [6, 6.07) is 14.2. The fourth-order valence-electron chi connectivity index (χ4n) is 2.02. The van der Waals surface area contributed by atoms with Crippen molar-refractivity contribution >= 4 is 28.9 Å². The first-order valence-corrected chi connectivity index (χ1v) is 7.50. The molecule has 0 heterocycles. The predicted octanol–water partition coefficient (Wildman–Crippen LogP) is 2.71. The molecule has 0 fully saturated rings. The van der Waals surface area contributed by atoms with Gasteiger partial charge in [-0.15, -0.1) is 0 Å². The minimum absolute atomic E-state index is 0.0818. The maximum Gasteiger partial charge on any atom is 0.273 e. The lowest BCUT2D eigenvalue weighted by molar-refractivity contribution is -0.115. The number of hydrogen-bond acceptors (Lipinski definition) is 4. The van der Waals surface area contributed by atoms with Crippen molar-refractivity contribution in [3.63, 3.8) is 0 Å². The molecule has 4 N–H and O–H groups in total. The highest BCUT2D eigenvalue weighted by Gasteiger charge is 2.09. The molecule has 0 unspecified atom stereocenters. The van der Waals surface area contributed by atoms with Crippen molar-refractivity contribution in [2.75, 3.05) is 11.1 Å². The highest BCUT2D eigenvalue weighted by Crippen LogP contribution is 2.10. The zero-order valence-corrected chi connectivity index (χ0v) is 13.7. The van der Waals surface area contributed by atoms with Crippen LogP contribution in [0.3, 0.4) is 0 Å². The van der Waals surface area contributed by atoms with E-state index in [0.29, 0.717) is 17.0 Å². The van der Waals surface area contributed by atoms with Gasteiger partial charge < -0.3 is 11.1 Å². The van der Waals surface area contributed by atoms with Crippen LogP contribution in [0.15, 0.2) is 53.6 Å². The second kappa shape index (κ2) is 7.92. The average molecular weight is 324 g/mol. The zero-order valence-electron chi connectivity index (χ0n) is 13.7.